The Hall–Kier alpha value is -0.650. The van der Waals surface area contributed by atoms with Crippen LogP contribution in [0.5, 0.6) is 0 Å². The van der Waals surface area contributed by atoms with Crippen molar-refractivity contribution >= 4 is 5.91 Å². The summed E-state index contributed by atoms with van der Waals surface area (Å²) in [4.78, 5) is 16.1. The molecule has 5 nitrogen and oxygen atoms in total. The number of carbonyl (C=O) groups excluding carboxylic acids is 1. The summed E-state index contributed by atoms with van der Waals surface area (Å²) < 4.78 is 4.93. The molecule has 1 fully saturated rings. The molecule has 2 N–H and O–H groups in total. The minimum absolute atomic E-state index is 0.0624. The molecule has 5 heteroatoms. The van der Waals surface area contributed by atoms with Crippen LogP contribution < -0.4 is 5.73 Å². The quantitative estimate of drug-likeness (QED) is 0.707. The van der Waals surface area contributed by atoms with Gasteiger partial charge in [-0.1, -0.05) is 0 Å². The van der Waals surface area contributed by atoms with E-state index >= 15 is 0 Å². The lowest BCUT2D eigenvalue weighted by atomic mass is 10.2. The lowest BCUT2D eigenvalue weighted by molar-refractivity contribution is -0.132. The molecule has 1 unspecified atom stereocenters. The van der Waals surface area contributed by atoms with Crippen molar-refractivity contribution in [3.63, 3.8) is 0 Å². The molecule has 0 aromatic rings. The molecule has 0 saturated carbocycles. The van der Waals surface area contributed by atoms with Gasteiger partial charge in [0.2, 0.25) is 5.91 Å². The van der Waals surface area contributed by atoms with Crippen LogP contribution in [0.4, 0.5) is 0 Å². The largest absolute Gasteiger partial charge is 0.385 e. The predicted molar refractivity (Wildman–Crippen MR) is 63.2 cm³/mol. The van der Waals surface area contributed by atoms with Crippen LogP contribution in [0.3, 0.4) is 0 Å². The van der Waals surface area contributed by atoms with Crippen molar-refractivity contribution in [3.05, 3.63) is 0 Å². The van der Waals surface area contributed by atoms with E-state index in [0.29, 0.717) is 13.0 Å². The van der Waals surface area contributed by atoms with E-state index in [-0.39, 0.29) is 5.91 Å². The number of amides is 1. The number of nitrogens with two attached hydrogens (primary N) is 1. The molecule has 1 rings (SSSR count). The smallest absolute Gasteiger partial charge is 0.239 e. The van der Waals surface area contributed by atoms with Crippen LogP contribution >= 0.6 is 0 Å². The number of ether oxygens (including phenoxy) is 1. The van der Waals surface area contributed by atoms with E-state index in [1.165, 1.54) is 0 Å². The first-order chi connectivity index (χ1) is 7.65. The molecule has 1 atom stereocenters. The second-order valence-corrected chi connectivity index (χ2v) is 4.37. The molecule has 1 heterocycles. The van der Waals surface area contributed by atoms with Gasteiger partial charge in [0.1, 0.15) is 0 Å². The SMILES string of the molecule is COCCC(N)C(=O)N1CCCN(C)CC1. The molecule has 0 radical (unpaired) electrons. The van der Waals surface area contributed by atoms with Crippen LogP contribution in [0, 0.1) is 0 Å². The highest BCUT2D eigenvalue weighted by Gasteiger charge is 2.22. The first-order valence-electron chi connectivity index (χ1n) is 5.87. The fraction of sp³-hybridized carbons (Fsp3) is 0.909. The van der Waals surface area contributed by atoms with Gasteiger partial charge in [-0.15, -0.1) is 0 Å². The number of carbonyl (C=O) groups is 1. The van der Waals surface area contributed by atoms with Crippen molar-refractivity contribution in [3.8, 4) is 0 Å². The molecule has 94 valence electrons. The molecular formula is C11H23N3O2. The molecule has 0 aliphatic carbocycles. The molecule has 0 bridgehead atoms. The van der Waals surface area contributed by atoms with Gasteiger partial charge < -0.3 is 20.3 Å². The second kappa shape index (κ2) is 6.83. The topological polar surface area (TPSA) is 58.8 Å². The van der Waals surface area contributed by atoms with E-state index in [1.807, 2.05) is 4.90 Å². The fourth-order valence-electron chi connectivity index (χ4n) is 1.87. The third-order valence-electron chi connectivity index (χ3n) is 2.98. The van der Waals surface area contributed by atoms with Crippen molar-refractivity contribution in [2.45, 2.75) is 18.9 Å². The van der Waals surface area contributed by atoms with Gasteiger partial charge in [0.25, 0.3) is 0 Å². The van der Waals surface area contributed by atoms with Crippen LogP contribution in [0.15, 0.2) is 0 Å². The summed E-state index contributed by atoms with van der Waals surface area (Å²) in [6.07, 6.45) is 1.63. The maximum absolute atomic E-state index is 12.0. The Labute approximate surface area is 97.5 Å². The minimum atomic E-state index is -0.414. The van der Waals surface area contributed by atoms with Gasteiger partial charge in [0.05, 0.1) is 6.04 Å². The second-order valence-electron chi connectivity index (χ2n) is 4.37. The van der Waals surface area contributed by atoms with Crippen molar-refractivity contribution < 1.29 is 9.53 Å². The van der Waals surface area contributed by atoms with Gasteiger partial charge in [0.15, 0.2) is 0 Å². The van der Waals surface area contributed by atoms with E-state index < -0.39 is 6.04 Å². The molecular weight excluding hydrogens is 206 g/mol. The standard InChI is InChI=1S/C11H23N3O2/c1-13-5-3-6-14(8-7-13)11(15)10(12)4-9-16-2/h10H,3-9,12H2,1-2H3. The highest BCUT2D eigenvalue weighted by molar-refractivity contribution is 5.81. The van der Waals surface area contributed by atoms with Crippen molar-refractivity contribution in [2.24, 2.45) is 5.73 Å². The summed E-state index contributed by atoms with van der Waals surface area (Å²) in [6.45, 7) is 4.14. The molecule has 16 heavy (non-hydrogen) atoms. The van der Waals surface area contributed by atoms with Crippen LogP contribution in [0.25, 0.3) is 0 Å². The number of likely N-dealkylation sites (N-methyl/N-ethyl adjacent to an activating group) is 1. The Morgan fingerprint density at radius 2 is 2.12 bits per heavy atom. The summed E-state index contributed by atoms with van der Waals surface area (Å²) in [5.74, 6) is 0.0624. The molecule has 0 spiro atoms. The Kier molecular flexibility index (Phi) is 5.73. The number of methoxy groups -OCH3 is 1. The molecule has 1 aliphatic heterocycles. The summed E-state index contributed by atoms with van der Waals surface area (Å²) in [5.41, 5.74) is 5.83. The monoisotopic (exact) mass is 229 g/mol. The van der Waals surface area contributed by atoms with Gasteiger partial charge in [-0.25, -0.2) is 0 Å². The van der Waals surface area contributed by atoms with Gasteiger partial charge in [-0.3, -0.25) is 4.79 Å². The van der Waals surface area contributed by atoms with Gasteiger partial charge in [-0.2, -0.15) is 0 Å². The van der Waals surface area contributed by atoms with E-state index in [0.717, 1.165) is 32.6 Å². The normalized spacial score (nSPS) is 20.6. The fourth-order valence-corrected chi connectivity index (χ4v) is 1.87. The summed E-state index contributed by atoms with van der Waals surface area (Å²) in [7, 11) is 3.71. The third kappa shape index (κ3) is 4.08. The molecule has 1 aliphatic rings. The highest BCUT2D eigenvalue weighted by Crippen LogP contribution is 2.04. The average Bonchev–Trinajstić information content (AvgIpc) is 2.50. The molecule has 0 aromatic heterocycles. The van der Waals surface area contributed by atoms with Crippen LogP contribution in [0.1, 0.15) is 12.8 Å². The molecule has 0 aromatic carbocycles. The number of rotatable bonds is 4. The minimum Gasteiger partial charge on any atom is -0.385 e. The van der Waals surface area contributed by atoms with Crippen LogP contribution in [-0.2, 0) is 9.53 Å². The summed E-state index contributed by atoms with van der Waals surface area (Å²) in [6, 6.07) is -0.414. The zero-order valence-electron chi connectivity index (χ0n) is 10.3. The van der Waals surface area contributed by atoms with Crippen molar-refractivity contribution in [1.82, 2.24) is 9.80 Å². The van der Waals surface area contributed by atoms with E-state index in [1.54, 1.807) is 7.11 Å². The Morgan fingerprint density at radius 1 is 1.38 bits per heavy atom. The molecule has 1 amide bonds. The maximum Gasteiger partial charge on any atom is 0.239 e. The number of hydrogen-bond donors (Lipinski definition) is 1. The van der Waals surface area contributed by atoms with Gasteiger partial charge in [0, 0.05) is 33.4 Å². The first-order valence-corrected chi connectivity index (χ1v) is 5.87. The van der Waals surface area contributed by atoms with Crippen molar-refractivity contribution in [2.75, 3.05) is 46.9 Å². The summed E-state index contributed by atoms with van der Waals surface area (Å²) >= 11 is 0. The highest BCUT2D eigenvalue weighted by atomic mass is 16.5. The Balaban J connectivity index is 2.39. The summed E-state index contributed by atoms with van der Waals surface area (Å²) in [5, 5.41) is 0. The third-order valence-corrected chi connectivity index (χ3v) is 2.98. The Bertz CT molecular complexity index is 223. The van der Waals surface area contributed by atoms with Crippen LogP contribution in [0.2, 0.25) is 0 Å². The average molecular weight is 229 g/mol. The van der Waals surface area contributed by atoms with E-state index in [9.17, 15) is 4.79 Å². The van der Waals surface area contributed by atoms with Crippen LogP contribution in [-0.4, -0.2) is 68.7 Å². The van der Waals surface area contributed by atoms with Gasteiger partial charge >= 0.3 is 0 Å². The first kappa shape index (κ1) is 13.4. The van der Waals surface area contributed by atoms with Gasteiger partial charge in [-0.05, 0) is 26.4 Å². The van der Waals surface area contributed by atoms with E-state index in [2.05, 4.69) is 11.9 Å². The van der Waals surface area contributed by atoms with Crippen molar-refractivity contribution in [1.29, 1.82) is 0 Å². The molecule has 1 saturated heterocycles. The predicted octanol–water partition coefficient (Wildman–Crippen LogP) is -0.486. The lowest BCUT2D eigenvalue weighted by Gasteiger charge is -2.23. The Morgan fingerprint density at radius 3 is 2.81 bits per heavy atom. The zero-order valence-corrected chi connectivity index (χ0v) is 10.3. The maximum atomic E-state index is 12.0. The van der Waals surface area contributed by atoms with E-state index in [4.69, 9.17) is 10.5 Å². The number of nitrogens with zero attached hydrogens (tertiary/aromatic N) is 2. The lowest BCUT2D eigenvalue weighted by Crippen LogP contribution is -2.45. The zero-order chi connectivity index (χ0) is 12.0. The number of hydrogen-bond acceptors (Lipinski definition) is 4.